The first-order valence-corrected chi connectivity index (χ1v) is 8.08. The fourth-order valence-electron chi connectivity index (χ4n) is 2.70. The van der Waals surface area contributed by atoms with E-state index in [2.05, 4.69) is 50.4 Å². The van der Waals surface area contributed by atoms with Gasteiger partial charge in [-0.1, -0.05) is 39.3 Å². The zero-order valence-electron chi connectivity index (χ0n) is 13.7. The highest BCUT2D eigenvalue weighted by Gasteiger charge is 2.17. The lowest BCUT2D eigenvalue weighted by Crippen LogP contribution is -2.35. The summed E-state index contributed by atoms with van der Waals surface area (Å²) in [5.74, 6) is 0.997. The third kappa shape index (κ3) is 5.52. The van der Waals surface area contributed by atoms with Crippen LogP contribution in [0.1, 0.15) is 58.4 Å². The third-order valence-electron chi connectivity index (χ3n) is 4.67. The Morgan fingerprint density at radius 3 is 2.48 bits per heavy atom. The first-order valence-electron chi connectivity index (χ1n) is 8.08. The van der Waals surface area contributed by atoms with Gasteiger partial charge in [-0.15, -0.1) is 12.4 Å². The summed E-state index contributed by atoms with van der Waals surface area (Å²) in [7, 11) is 0. The number of nitrogens with one attached hydrogen (secondary N) is 1. The van der Waals surface area contributed by atoms with Crippen LogP contribution in [0.25, 0.3) is 0 Å². The largest absolute Gasteiger partial charge is 0.494 e. The van der Waals surface area contributed by atoms with Gasteiger partial charge in [0, 0.05) is 6.04 Å². The van der Waals surface area contributed by atoms with Gasteiger partial charge in [-0.05, 0) is 55.3 Å². The normalized spacial score (nSPS) is 18.9. The molecule has 2 nitrogen and oxygen atoms in total. The first kappa shape index (κ1) is 18.3. The first-order chi connectivity index (χ1) is 9.62. The van der Waals surface area contributed by atoms with E-state index in [0.29, 0.717) is 6.04 Å². The monoisotopic (exact) mass is 311 g/mol. The second-order valence-corrected chi connectivity index (χ2v) is 6.55. The number of piperidine rings is 1. The quantitative estimate of drug-likeness (QED) is 0.821. The molecule has 1 N–H and O–H groups in total. The van der Waals surface area contributed by atoms with Crippen LogP contribution in [-0.2, 0) is 5.41 Å². The van der Waals surface area contributed by atoms with Crippen LogP contribution < -0.4 is 10.1 Å². The molecule has 3 heteroatoms. The van der Waals surface area contributed by atoms with Crippen LogP contribution in [-0.4, -0.2) is 19.2 Å². The number of hydrogen-bond acceptors (Lipinski definition) is 2. The van der Waals surface area contributed by atoms with E-state index in [4.69, 9.17) is 4.74 Å². The molecule has 21 heavy (non-hydrogen) atoms. The van der Waals surface area contributed by atoms with Gasteiger partial charge in [-0.3, -0.25) is 0 Å². The lowest BCUT2D eigenvalue weighted by atomic mass is 9.82. The van der Waals surface area contributed by atoms with Crippen LogP contribution in [0, 0.1) is 0 Å². The van der Waals surface area contributed by atoms with Gasteiger partial charge in [0.25, 0.3) is 0 Å². The van der Waals surface area contributed by atoms with Gasteiger partial charge in [0.15, 0.2) is 0 Å². The Labute approximate surface area is 136 Å². The van der Waals surface area contributed by atoms with Crippen molar-refractivity contribution >= 4 is 12.4 Å². The highest BCUT2D eigenvalue weighted by molar-refractivity contribution is 5.85. The fraction of sp³-hybridized carbons (Fsp3) is 0.667. The van der Waals surface area contributed by atoms with Crippen molar-refractivity contribution in [3.05, 3.63) is 29.8 Å². The summed E-state index contributed by atoms with van der Waals surface area (Å²) in [5, 5.41) is 3.56. The summed E-state index contributed by atoms with van der Waals surface area (Å²) in [4.78, 5) is 0. The average Bonchev–Trinajstić information content (AvgIpc) is 2.49. The zero-order valence-corrected chi connectivity index (χ0v) is 14.5. The molecule has 2 rings (SSSR count). The lowest BCUT2D eigenvalue weighted by Gasteiger charge is -2.24. The molecule has 1 aliphatic rings. The topological polar surface area (TPSA) is 21.3 Å². The van der Waals surface area contributed by atoms with Crippen molar-refractivity contribution in [2.45, 2.75) is 64.3 Å². The number of hydrogen-bond donors (Lipinski definition) is 1. The van der Waals surface area contributed by atoms with Crippen molar-refractivity contribution in [2.75, 3.05) is 13.2 Å². The van der Waals surface area contributed by atoms with Crippen molar-refractivity contribution < 1.29 is 4.74 Å². The molecular formula is C18H30ClNO. The van der Waals surface area contributed by atoms with Gasteiger partial charge < -0.3 is 10.1 Å². The molecule has 1 aromatic carbocycles. The molecule has 0 aromatic heterocycles. The average molecular weight is 312 g/mol. The van der Waals surface area contributed by atoms with E-state index >= 15 is 0 Å². The molecule has 0 bridgehead atoms. The Morgan fingerprint density at radius 1 is 1.19 bits per heavy atom. The van der Waals surface area contributed by atoms with Gasteiger partial charge in [0.05, 0.1) is 6.61 Å². The maximum Gasteiger partial charge on any atom is 0.119 e. The molecule has 0 aliphatic carbocycles. The van der Waals surface area contributed by atoms with E-state index in [9.17, 15) is 0 Å². The molecular weight excluding hydrogens is 282 g/mol. The Kier molecular flexibility index (Phi) is 7.55. The van der Waals surface area contributed by atoms with Crippen molar-refractivity contribution in [2.24, 2.45) is 0 Å². The molecule has 1 atom stereocenters. The SMILES string of the molecule is CCC(C)(C)c1ccc(OCCC2CCCCN2)cc1.Cl. The highest BCUT2D eigenvalue weighted by atomic mass is 35.5. The molecule has 1 fully saturated rings. The standard InChI is InChI=1S/C18H29NO.ClH/c1-4-18(2,3)15-8-10-17(11-9-15)20-14-12-16-7-5-6-13-19-16;/h8-11,16,19H,4-7,12-14H2,1-3H3;1H. The number of halogens is 1. The molecule has 1 heterocycles. The van der Waals surface area contributed by atoms with Gasteiger partial charge >= 0.3 is 0 Å². The number of rotatable bonds is 6. The van der Waals surface area contributed by atoms with Crippen LogP contribution >= 0.6 is 12.4 Å². The van der Waals surface area contributed by atoms with Gasteiger partial charge in [-0.25, -0.2) is 0 Å². The Balaban J connectivity index is 0.00000220. The minimum atomic E-state index is 0. The van der Waals surface area contributed by atoms with E-state index in [1.54, 1.807) is 0 Å². The van der Waals surface area contributed by atoms with Crippen molar-refractivity contribution in [3.63, 3.8) is 0 Å². The van der Waals surface area contributed by atoms with Crippen molar-refractivity contribution in [1.82, 2.24) is 5.32 Å². The highest BCUT2D eigenvalue weighted by Crippen LogP contribution is 2.28. The van der Waals surface area contributed by atoms with Crippen LogP contribution in [0.5, 0.6) is 5.75 Å². The predicted molar refractivity (Wildman–Crippen MR) is 92.8 cm³/mol. The molecule has 1 aromatic rings. The minimum Gasteiger partial charge on any atom is -0.494 e. The molecule has 0 radical (unpaired) electrons. The van der Waals surface area contributed by atoms with E-state index in [-0.39, 0.29) is 17.8 Å². The maximum atomic E-state index is 5.87. The van der Waals surface area contributed by atoms with E-state index in [1.807, 2.05) is 0 Å². The van der Waals surface area contributed by atoms with E-state index < -0.39 is 0 Å². The summed E-state index contributed by atoms with van der Waals surface area (Å²) in [6.07, 6.45) is 6.25. The second-order valence-electron chi connectivity index (χ2n) is 6.55. The molecule has 120 valence electrons. The zero-order chi connectivity index (χ0) is 14.4. The van der Waals surface area contributed by atoms with Gasteiger partial charge in [-0.2, -0.15) is 0 Å². The fourth-order valence-corrected chi connectivity index (χ4v) is 2.70. The molecule has 0 spiro atoms. The lowest BCUT2D eigenvalue weighted by molar-refractivity contribution is 0.268. The summed E-state index contributed by atoms with van der Waals surface area (Å²) < 4.78 is 5.87. The maximum absolute atomic E-state index is 5.87. The van der Waals surface area contributed by atoms with Crippen LogP contribution in [0.4, 0.5) is 0 Å². The Hall–Kier alpha value is -0.730. The summed E-state index contributed by atoms with van der Waals surface area (Å²) in [5.41, 5.74) is 1.64. The Morgan fingerprint density at radius 2 is 1.90 bits per heavy atom. The van der Waals surface area contributed by atoms with E-state index in [0.717, 1.165) is 25.2 Å². The summed E-state index contributed by atoms with van der Waals surface area (Å²) in [6.45, 7) is 8.80. The van der Waals surface area contributed by atoms with Crippen LogP contribution in [0.15, 0.2) is 24.3 Å². The summed E-state index contributed by atoms with van der Waals surface area (Å²) in [6, 6.07) is 9.29. The Bertz CT molecular complexity index is 396. The molecule has 1 unspecified atom stereocenters. The van der Waals surface area contributed by atoms with Crippen molar-refractivity contribution in [1.29, 1.82) is 0 Å². The summed E-state index contributed by atoms with van der Waals surface area (Å²) >= 11 is 0. The van der Waals surface area contributed by atoms with E-state index in [1.165, 1.54) is 31.4 Å². The predicted octanol–water partition coefficient (Wildman–Crippen LogP) is 4.71. The number of benzene rings is 1. The van der Waals surface area contributed by atoms with Gasteiger partial charge in [0.2, 0.25) is 0 Å². The molecule has 0 amide bonds. The second kappa shape index (κ2) is 8.65. The van der Waals surface area contributed by atoms with Crippen LogP contribution in [0.2, 0.25) is 0 Å². The molecule has 0 saturated carbocycles. The molecule has 1 saturated heterocycles. The third-order valence-corrected chi connectivity index (χ3v) is 4.67. The van der Waals surface area contributed by atoms with Crippen molar-refractivity contribution in [3.8, 4) is 5.75 Å². The smallest absolute Gasteiger partial charge is 0.119 e. The van der Waals surface area contributed by atoms with Crippen LogP contribution in [0.3, 0.4) is 0 Å². The minimum absolute atomic E-state index is 0. The number of ether oxygens (including phenoxy) is 1. The van der Waals surface area contributed by atoms with Gasteiger partial charge in [0.1, 0.15) is 5.75 Å². The molecule has 1 aliphatic heterocycles.